The van der Waals surface area contributed by atoms with Gasteiger partial charge in [-0.3, -0.25) is 37.3 Å². The highest BCUT2D eigenvalue weighted by Gasteiger charge is 2.30. The third kappa shape index (κ3) is 66.5. The van der Waals surface area contributed by atoms with E-state index in [9.17, 15) is 43.2 Å². The van der Waals surface area contributed by atoms with Crippen LogP contribution >= 0.6 is 15.6 Å². The fourth-order valence-electron chi connectivity index (χ4n) is 11.0. The van der Waals surface area contributed by atoms with E-state index < -0.39 is 97.5 Å². The van der Waals surface area contributed by atoms with Gasteiger partial charge >= 0.3 is 39.5 Å². The summed E-state index contributed by atoms with van der Waals surface area (Å²) in [5, 5.41) is 10.6. The zero-order chi connectivity index (χ0) is 67.0. The van der Waals surface area contributed by atoms with Crippen molar-refractivity contribution in [1.29, 1.82) is 0 Å². The number of hydrogen-bond donors (Lipinski definition) is 3. The summed E-state index contributed by atoms with van der Waals surface area (Å²) in [6.45, 7) is 7.28. The van der Waals surface area contributed by atoms with Gasteiger partial charge in [0.15, 0.2) is 12.2 Å². The van der Waals surface area contributed by atoms with Gasteiger partial charge in [0.1, 0.15) is 19.3 Å². The Morgan fingerprint density at radius 1 is 0.297 bits per heavy atom. The van der Waals surface area contributed by atoms with E-state index in [0.717, 1.165) is 95.8 Å². The minimum Gasteiger partial charge on any atom is -0.462 e. The number of ether oxygens (including phenoxy) is 4. The van der Waals surface area contributed by atoms with Crippen LogP contribution in [-0.2, 0) is 65.4 Å². The average molecular weight is 1340 g/mol. The molecular weight excluding hydrogens is 1200 g/mol. The predicted molar refractivity (Wildman–Crippen MR) is 368 cm³/mol. The van der Waals surface area contributed by atoms with Crippen LogP contribution < -0.4 is 0 Å². The van der Waals surface area contributed by atoms with Crippen LogP contribution in [0.3, 0.4) is 0 Å². The molecule has 0 aliphatic heterocycles. The number of carbonyl (C=O) groups excluding carboxylic acids is 4. The van der Waals surface area contributed by atoms with Gasteiger partial charge in [-0.1, -0.05) is 324 Å². The molecule has 0 rings (SSSR count). The van der Waals surface area contributed by atoms with Crippen molar-refractivity contribution in [3.05, 3.63) is 0 Å². The third-order valence-electron chi connectivity index (χ3n) is 16.8. The number of carbonyl (C=O) groups is 4. The van der Waals surface area contributed by atoms with Crippen LogP contribution in [-0.4, -0.2) is 96.7 Å². The normalized spacial score (nSPS) is 14.0. The Bertz CT molecular complexity index is 1750. The molecule has 0 bridgehead atoms. The Balaban J connectivity index is 5.23. The first-order chi connectivity index (χ1) is 44.0. The summed E-state index contributed by atoms with van der Waals surface area (Å²) in [5.74, 6) is -1.32. The van der Waals surface area contributed by atoms with E-state index in [0.29, 0.717) is 25.7 Å². The fraction of sp³-hybridized carbons (Fsp3) is 0.944. The standard InChI is InChI=1S/C72H140O17P2/c1-6-9-12-15-18-21-24-31-36-41-46-51-56-70(75)83-62-68(89-72(77)58-53-48-43-38-33-29-27-26-28-30-34-39-44-49-54-65(4)5)64-87-91(80,81)85-60-66(73)59-84-90(78,79)86-63-67(61-82-69(74)55-50-45-40-35-23-20-17-14-11-8-3)88-71(76)57-52-47-42-37-32-25-22-19-16-13-10-7-2/h65-68,73H,6-64H2,1-5H3,(H,78,79)(H,80,81)/t66-,67+,68+/m0/s1. The smallest absolute Gasteiger partial charge is 0.462 e. The molecular formula is C72H140O17P2. The molecule has 0 radical (unpaired) electrons. The number of esters is 4. The molecule has 0 aliphatic carbocycles. The number of aliphatic hydroxyl groups is 1. The first-order valence-corrected chi connectivity index (χ1v) is 40.6. The summed E-state index contributed by atoms with van der Waals surface area (Å²) < 4.78 is 68.4. The maximum absolute atomic E-state index is 13.0. The molecule has 0 saturated heterocycles. The largest absolute Gasteiger partial charge is 0.472 e. The van der Waals surface area contributed by atoms with E-state index in [4.69, 9.17) is 37.0 Å². The van der Waals surface area contributed by atoms with Crippen LogP contribution in [0.2, 0.25) is 0 Å². The molecule has 2 unspecified atom stereocenters. The van der Waals surface area contributed by atoms with E-state index in [2.05, 4.69) is 34.6 Å². The predicted octanol–water partition coefficient (Wildman–Crippen LogP) is 20.9. The number of phosphoric ester groups is 2. The summed E-state index contributed by atoms with van der Waals surface area (Å²) in [7, 11) is -9.90. The molecule has 0 saturated carbocycles. The van der Waals surface area contributed by atoms with Gasteiger partial charge in [0.25, 0.3) is 0 Å². The van der Waals surface area contributed by atoms with Gasteiger partial charge in [0, 0.05) is 25.7 Å². The van der Waals surface area contributed by atoms with Gasteiger partial charge in [-0.15, -0.1) is 0 Å². The summed E-state index contributed by atoms with van der Waals surface area (Å²) in [6, 6.07) is 0. The quantitative estimate of drug-likeness (QED) is 0.0222. The van der Waals surface area contributed by atoms with Crippen molar-refractivity contribution in [2.75, 3.05) is 39.6 Å². The number of unbranched alkanes of at least 4 members (excludes halogenated alkanes) is 44. The zero-order valence-electron chi connectivity index (χ0n) is 59.0. The molecule has 0 aromatic rings. The topological polar surface area (TPSA) is 237 Å². The van der Waals surface area contributed by atoms with Gasteiger partial charge in [0.05, 0.1) is 26.4 Å². The number of hydrogen-bond acceptors (Lipinski definition) is 15. The Morgan fingerprint density at radius 3 is 0.747 bits per heavy atom. The van der Waals surface area contributed by atoms with Crippen LogP contribution in [0.5, 0.6) is 0 Å². The highest BCUT2D eigenvalue weighted by molar-refractivity contribution is 7.47. The van der Waals surface area contributed by atoms with E-state index in [1.165, 1.54) is 199 Å². The molecule has 19 heteroatoms. The van der Waals surface area contributed by atoms with Gasteiger partial charge in [-0.05, 0) is 31.6 Å². The van der Waals surface area contributed by atoms with E-state index >= 15 is 0 Å². The van der Waals surface area contributed by atoms with Crippen molar-refractivity contribution < 1.29 is 80.2 Å². The summed E-state index contributed by atoms with van der Waals surface area (Å²) in [5.41, 5.74) is 0. The van der Waals surface area contributed by atoms with Crippen molar-refractivity contribution in [3.8, 4) is 0 Å². The molecule has 0 aliphatic rings. The van der Waals surface area contributed by atoms with E-state index in [1.54, 1.807) is 0 Å². The van der Waals surface area contributed by atoms with Gasteiger partial charge in [0.2, 0.25) is 0 Å². The monoisotopic (exact) mass is 1340 g/mol. The lowest BCUT2D eigenvalue weighted by Crippen LogP contribution is -2.30. The van der Waals surface area contributed by atoms with Crippen LogP contribution in [0.1, 0.15) is 375 Å². The first kappa shape index (κ1) is 89.1. The summed E-state index contributed by atoms with van der Waals surface area (Å²) >= 11 is 0. The van der Waals surface area contributed by atoms with Crippen LogP contribution in [0, 0.1) is 5.92 Å². The lowest BCUT2D eigenvalue weighted by Gasteiger charge is -2.21. The molecule has 0 fully saturated rings. The van der Waals surface area contributed by atoms with Crippen molar-refractivity contribution in [2.24, 2.45) is 5.92 Å². The molecule has 0 heterocycles. The van der Waals surface area contributed by atoms with Gasteiger partial charge in [-0.2, -0.15) is 0 Å². The molecule has 0 aromatic carbocycles. The lowest BCUT2D eigenvalue weighted by molar-refractivity contribution is -0.161. The molecule has 5 atom stereocenters. The van der Waals surface area contributed by atoms with E-state index in [-0.39, 0.29) is 25.7 Å². The Kier molecular flexibility index (Phi) is 64.0. The van der Waals surface area contributed by atoms with Crippen LogP contribution in [0.4, 0.5) is 0 Å². The Labute approximate surface area is 556 Å². The summed E-state index contributed by atoms with van der Waals surface area (Å²) in [6.07, 6.45) is 52.5. The second kappa shape index (κ2) is 65.4. The highest BCUT2D eigenvalue weighted by Crippen LogP contribution is 2.45. The minimum atomic E-state index is -4.95. The molecule has 540 valence electrons. The molecule has 17 nitrogen and oxygen atoms in total. The summed E-state index contributed by atoms with van der Waals surface area (Å²) in [4.78, 5) is 72.6. The number of aliphatic hydroxyl groups excluding tert-OH is 1. The average Bonchev–Trinajstić information content (AvgIpc) is 3.10. The van der Waals surface area contributed by atoms with Crippen LogP contribution in [0.15, 0.2) is 0 Å². The van der Waals surface area contributed by atoms with Crippen molar-refractivity contribution in [3.63, 3.8) is 0 Å². The van der Waals surface area contributed by atoms with Gasteiger partial charge < -0.3 is 33.8 Å². The SMILES string of the molecule is CCCCCCCCCCCCCCC(=O)OC[C@H](COP(=O)(O)OC[C@@H](O)COP(=O)(O)OC[C@@H](COC(=O)CCCCCCCCCCCC)OC(=O)CCCCCCCCCCCCCC)OC(=O)CCCCCCCCCCCCCCCCC(C)C. The van der Waals surface area contributed by atoms with Crippen molar-refractivity contribution in [2.45, 2.75) is 393 Å². The molecule has 3 N–H and O–H groups in total. The van der Waals surface area contributed by atoms with E-state index in [1.807, 2.05) is 0 Å². The second-order valence-corrected chi connectivity index (χ2v) is 29.4. The molecule has 0 aromatic heterocycles. The van der Waals surface area contributed by atoms with Crippen LogP contribution in [0.25, 0.3) is 0 Å². The number of rotatable bonds is 72. The maximum Gasteiger partial charge on any atom is 0.472 e. The maximum atomic E-state index is 13.0. The second-order valence-electron chi connectivity index (χ2n) is 26.5. The number of phosphoric acid groups is 2. The first-order valence-electron chi connectivity index (χ1n) is 37.6. The van der Waals surface area contributed by atoms with Crippen molar-refractivity contribution >= 4 is 39.5 Å². The molecule has 91 heavy (non-hydrogen) atoms. The Hall–Kier alpha value is -1.94. The minimum absolute atomic E-state index is 0.108. The molecule has 0 amide bonds. The Morgan fingerprint density at radius 2 is 0.505 bits per heavy atom. The van der Waals surface area contributed by atoms with Crippen molar-refractivity contribution in [1.82, 2.24) is 0 Å². The fourth-order valence-corrected chi connectivity index (χ4v) is 12.6. The molecule has 0 spiro atoms. The third-order valence-corrected chi connectivity index (χ3v) is 18.7. The highest BCUT2D eigenvalue weighted by atomic mass is 31.2. The zero-order valence-corrected chi connectivity index (χ0v) is 60.8. The van der Waals surface area contributed by atoms with Gasteiger partial charge in [-0.25, -0.2) is 9.13 Å². The lowest BCUT2D eigenvalue weighted by atomic mass is 10.0.